The number of hydrogen-bond acceptors (Lipinski definition) is 6. The van der Waals surface area contributed by atoms with Gasteiger partial charge in [0.25, 0.3) is 5.91 Å². The van der Waals surface area contributed by atoms with Gasteiger partial charge >= 0.3 is 6.03 Å². The molecule has 0 bridgehead atoms. The fourth-order valence-corrected chi connectivity index (χ4v) is 3.24. The second-order valence-electron chi connectivity index (χ2n) is 6.21. The van der Waals surface area contributed by atoms with Crippen LogP contribution in [-0.2, 0) is 16.1 Å². The molecule has 0 aromatic heterocycles. The van der Waals surface area contributed by atoms with Gasteiger partial charge in [-0.3, -0.25) is 14.5 Å². The van der Waals surface area contributed by atoms with Crippen LogP contribution >= 0.6 is 11.8 Å². The number of carbonyl (C=O) groups is 3. The molecule has 1 heterocycles. The lowest BCUT2D eigenvalue weighted by Crippen LogP contribution is -2.42. The van der Waals surface area contributed by atoms with E-state index in [2.05, 4.69) is 10.6 Å². The number of nitrogens with zero attached hydrogens (tertiary/aromatic N) is 1. The molecular formula is C18H25N3O5S. The van der Waals surface area contributed by atoms with E-state index in [1.165, 1.54) is 0 Å². The van der Waals surface area contributed by atoms with Gasteiger partial charge in [-0.1, -0.05) is 12.1 Å². The van der Waals surface area contributed by atoms with Crippen LogP contribution < -0.4 is 15.4 Å². The largest absolute Gasteiger partial charge is 0.497 e. The van der Waals surface area contributed by atoms with Crippen molar-refractivity contribution in [3.63, 3.8) is 0 Å². The first-order chi connectivity index (χ1) is 13.0. The first-order valence-electron chi connectivity index (χ1n) is 8.62. The van der Waals surface area contributed by atoms with Crippen LogP contribution in [0.5, 0.6) is 5.75 Å². The third-order valence-corrected chi connectivity index (χ3v) is 4.90. The summed E-state index contributed by atoms with van der Waals surface area (Å²) in [6, 6.07) is 5.29. The summed E-state index contributed by atoms with van der Waals surface area (Å²) >= 11 is 1.62. The number of thioether (sulfide) groups is 1. The number of methoxy groups -OCH3 is 1. The molecule has 27 heavy (non-hydrogen) atoms. The van der Waals surface area contributed by atoms with Gasteiger partial charge in [-0.05, 0) is 36.1 Å². The van der Waals surface area contributed by atoms with E-state index < -0.39 is 18.0 Å². The maximum absolute atomic E-state index is 12.5. The predicted molar refractivity (Wildman–Crippen MR) is 102 cm³/mol. The Kier molecular flexibility index (Phi) is 7.93. The van der Waals surface area contributed by atoms with Crippen molar-refractivity contribution < 1.29 is 24.2 Å². The molecule has 1 aliphatic rings. The van der Waals surface area contributed by atoms with Crippen molar-refractivity contribution in [2.75, 3.05) is 25.7 Å². The molecule has 1 saturated heterocycles. The average Bonchev–Trinajstić information content (AvgIpc) is 2.93. The summed E-state index contributed by atoms with van der Waals surface area (Å²) < 4.78 is 5.08. The minimum Gasteiger partial charge on any atom is -0.497 e. The van der Waals surface area contributed by atoms with E-state index in [4.69, 9.17) is 4.74 Å². The van der Waals surface area contributed by atoms with Gasteiger partial charge in [0.1, 0.15) is 11.8 Å². The minimum absolute atomic E-state index is 0.125. The summed E-state index contributed by atoms with van der Waals surface area (Å²) in [5, 5.41) is 14.6. The number of urea groups is 1. The smallest absolute Gasteiger partial charge is 0.325 e. The molecule has 9 heteroatoms. The molecule has 148 valence electrons. The lowest BCUT2D eigenvalue weighted by atomic mass is 10.1. The SMILES string of the molecule is COc1ccc(CN2C(=O)N[C@@H](CC(=O)N[C@@H](CO)CCSC)C2=O)cc1. The Morgan fingerprint density at radius 1 is 1.37 bits per heavy atom. The second kappa shape index (κ2) is 10.2. The number of aliphatic hydroxyl groups excluding tert-OH is 1. The summed E-state index contributed by atoms with van der Waals surface area (Å²) in [5.41, 5.74) is 0.779. The average molecular weight is 395 g/mol. The van der Waals surface area contributed by atoms with E-state index in [1.54, 1.807) is 43.1 Å². The highest BCUT2D eigenvalue weighted by molar-refractivity contribution is 7.98. The number of imide groups is 1. The molecule has 0 unspecified atom stereocenters. The van der Waals surface area contributed by atoms with Crippen LogP contribution in [0, 0.1) is 0 Å². The van der Waals surface area contributed by atoms with Crippen molar-refractivity contribution in [3.8, 4) is 5.75 Å². The molecule has 1 aromatic carbocycles. The van der Waals surface area contributed by atoms with Crippen molar-refractivity contribution in [2.24, 2.45) is 0 Å². The van der Waals surface area contributed by atoms with E-state index in [1.807, 2.05) is 6.26 Å². The number of aliphatic hydroxyl groups is 1. The summed E-state index contributed by atoms with van der Waals surface area (Å²) in [6.45, 7) is -0.0410. The molecule has 1 aliphatic heterocycles. The summed E-state index contributed by atoms with van der Waals surface area (Å²) in [6.07, 6.45) is 2.43. The quantitative estimate of drug-likeness (QED) is 0.504. The number of nitrogens with one attached hydrogen (secondary N) is 2. The van der Waals surface area contributed by atoms with Crippen LogP contribution in [-0.4, -0.2) is 65.7 Å². The molecule has 1 fully saturated rings. The zero-order valence-corrected chi connectivity index (χ0v) is 16.3. The van der Waals surface area contributed by atoms with Crippen LogP contribution in [0.1, 0.15) is 18.4 Å². The molecule has 1 aromatic rings. The second-order valence-corrected chi connectivity index (χ2v) is 7.19. The first-order valence-corrected chi connectivity index (χ1v) is 10.0. The van der Waals surface area contributed by atoms with Crippen molar-refractivity contribution >= 4 is 29.6 Å². The van der Waals surface area contributed by atoms with Gasteiger partial charge in [-0.2, -0.15) is 11.8 Å². The van der Waals surface area contributed by atoms with E-state index in [0.29, 0.717) is 12.2 Å². The van der Waals surface area contributed by atoms with Crippen LogP contribution in [0.3, 0.4) is 0 Å². The van der Waals surface area contributed by atoms with E-state index >= 15 is 0 Å². The van der Waals surface area contributed by atoms with Crippen molar-refractivity contribution in [1.29, 1.82) is 0 Å². The zero-order chi connectivity index (χ0) is 19.8. The predicted octanol–water partition coefficient (Wildman–Crippen LogP) is 0.736. The molecule has 0 saturated carbocycles. The zero-order valence-electron chi connectivity index (χ0n) is 15.4. The van der Waals surface area contributed by atoms with Gasteiger partial charge < -0.3 is 20.5 Å². The molecule has 3 N–H and O–H groups in total. The molecule has 2 atom stereocenters. The topological polar surface area (TPSA) is 108 Å². The van der Waals surface area contributed by atoms with Gasteiger partial charge in [0, 0.05) is 0 Å². The Hall–Kier alpha value is -2.26. The molecule has 2 rings (SSSR count). The van der Waals surface area contributed by atoms with E-state index in [9.17, 15) is 19.5 Å². The summed E-state index contributed by atoms with van der Waals surface area (Å²) in [5.74, 6) is 0.682. The van der Waals surface area contributed by atoms with Crippen molar-refractivity contribution in [1.82, 2.24) is 15.5 Å². The molecule has 0 aliphatic carbocycles. The highest BCUT2D eigenvalue weighted by Crippen LogP contribution is 2.17. The van der Waals surface area contributed by atoms with Gasteiger partial charge in [0.05, 0.1) is 32.7 Å². The van der Waals surface area contributed by atoms with Gasteiger partial charge in [0.15, 0.2) is 0 Å². The Labute approximate surface area is 162 Å². The van der Waals surface area contributed by atoms with Gasteiger partial charge in [-0.25, -0.2) is 4.79 Å². The van der Waals surface area contributed by atoms with Crippen LogP contribution in [0.4, 0.5) is 4.79 Å². The van der Waals surface area contributed by atoms with Gasteiger partial charge in [0.2, 0.25) is 5.91 Å². The Balaban J connectivity index is 1.91. The van der Waals surface area contributed by atoms with Crippen molar-refractivity contribution in [3.05, 3.63) is 29.8 Å². The molecule has 8 nitrogen and oxygen atoms in total. The Morgan fingerprint density at radius 3 is 2.67 bits per heavy atom. The number of amides is 4. The standard InChI is InChI=1S/C18H25N3O5S/c1-26-14-5-3-12(4-6-14)10-21-17(24)15(20-18(21)25)9-16(23)19-13(11-22)7-8-27-2/h3-6,13,15,22H,7-11H2,1-2H3,(H,19,23)(H,20,25)/t13-,15+/m1/s1. The third-order valence-electron chi connectivity index (χ3n) is 4.25. The van der Waals surface area contributed by atoms with Crippen LogP contribution in [0.2, 0.25) is 0 Å². The first kappa shape index (κ1) is 21.0. The maximum Gasteiger partial charge on any atom is 0.325 e. The Bertz CT molecular complexity index is 667. The fourth-order valence-electron chi connectivity index (χ4n) is 2.72. The highest BCUT2D eigenvalue weighted by Gasteiger charge is 2.39. The van der Waals surface area contributed by atoms with Crippen LogP contribution in [0.25, 0.3) is 0 Å². The minimum atomic E-state index is -0.893. The highest BCUT2D eigenvalue weighted by atomic mass is 32.2. The van der Waals surface area contributed by atoms with Crippen LogP contribution in [0.15, 0.2) is 24.3 Å². The number of hydrogen-bond donors (Lipinski definition) is 3. The fraction of sp³-hybridized carbons (Fsp3) is 0.500. The monoisotopic (exact) mass is 395 g/mol. The summed E-state index contributed by atoms with van der Waals surface area (Å²) in [4.78, 5) is 37.9. The number of carbonyl (C=O) groups excluding carboxylic acids is 3. The third kappa shape index (κ3) is 5.86. The lowest BCUT2D eigenvalue weighted by Gasteiger charge is -2.17. The van der Waals surface area contributed by atoms with Crippen molar-refractivity contribution in [2.45, 2.75) is 31.5 Å². The van der Waals surface area contributed by atoms with Gasteiger partial charge in [-0.15, -0.1) is 0 Å². The number of rotatable bonds is 10. The molecule has 0 spiro atoms. The maximum atomic E-state index is 12.5. The van der Waals surface area contributed by atoms with E-state index in [-0.39, 0.29) is 31.5 Å². The lowest BCUT2D eigenvalue weighted by molar-refractivity contribution is -0.131. The number of ether oxygens (including phenoxy) is 1. The summed E-state index contributed by atoms with van der Waals surface area (Å²) in [7, 11) is 1.56. The Morgan fingerprint density at radius 2 is 2.07 bits per heavy atom. The number of benzene rings is 1. The molecule has 0 radical (unpaired) electrons. The normalized spacial score (nSPS) is 17.6. The molecular weight excluding hydrogens is 370 g/mol. The van der Waals surface area contributed by atoms with E-state index in [0.717, 1.165) is 16.2 Å². The molecule has 4 amide bonds.